The van der Waals surface area contributed by atoms with Gasteiger partial charge in [-0.15, -0.1) is 0 Å². The first-order valence-corrected chi connectivity index (χ1v) is 6.16. The molecular weight excluding hydrogens is 295 g/mol. The average Bonchev–Trinajstić information content (AvgIpc) is 2.69. The van der Waals surface area contributed by atoms with Gasteiger partial charge in [0.2, 0.25) is 0 Å². The summed E-state index contributed by atoms with van der Waals surface area (Å²) in [5.74, 6) is -0.763. The molecule has 3 nitrogen and oxygen atoms in total. The smallest absolute Gasteiger partial charge is 0.418 e. The molecule has 7 heteroatoms. The summed E-state index contributed by atoms with van der Waals surface area (Å²) in [6.07, 6.45) is -4.53. The number of aryl methyl sites for hydroxylation is 1. The van der Waals surface area contributed by atoms with Gasteiger partial charge in [0.05, 0.1) is 23.2 Å². The van der Waals surface area contributed by atoms with Gasteiger partial charge in [-0.3, -0.25) is 0 Å². The fourth-order valence-corrected chi connectivity index (χ4v) is 2.54. The summed E-state index contributed by atoms with van der Waals surface area (Å²) >= 11 is 6.05. The van der Waals surface area contributed by atoms with Gasteiger partial charge in [0, 0.05) is 11.9 Å². The number of esters is 1. The number of carbonyl (C=O) groups is 1. The van der Waals surface area contributed by atoms with Crippen molar-refractivity contribution in [1.29, 1.82) is 0 Å². The van der Waals surface area contributed by atoms with Gasteiger partial charge in [-0.1, -0.05) is 23.7 Å². The largest absolute Gasteiger partial charge is 0.464 e. The molecule has 0 radical (unpaired) electrons. The molecule has 0 aliphatic rings. The molecule has 20 heavy (non-hydrogen) atoms. The van der Waals surface area contributed by atoms with E-state index in [1.165, 1.54) is 16.7 Å². The van der Waals surface area contributed by atoms with Crippen LogP contribution in [0.3, 0.4) is 0 Å². The molecule has 0 N–H and O–H groups in total. The van der Waals surface area contributed by atoms with E-state index in [2.05, 4.69) is 4.74 Å². The van der Waals surface area contributed by atoms with Gasteiger partial charge in [0.25, 0.3) is 0 Å². The molecule has 1 aromatic heterocycles. The number of nitrogens with zero attached hydrogens (tertiary/aromatic N) is 1. The number of benzene rings is 1. The van der Waals surface area contributed by atoms with E-state index < -0.39 is 17.7 Å². The lowest BCUT2D eigenvalue weighted by Gasteiger charge is -2.12. The van der Waals surface area contributed by atoms with Gasteiger partial charge >= 0.3 is 12.1 Å². The van der Waals surface area contributed by atoms with Crippen LogP contribution >= 0.6 is 11.6 Å². The van der Waals surface area contributed by atoms with E-state index in [-0.39, 0.29) is 28.2 Å². The minimum atomic E-state index is -4.53. The maximum Gasteiger partial charge on any atom is 0.418 e. The van der Waals surface area contributed by atoms with Crippen LogP contribution in [0.5, 0.6) is 0 Å². The molecule has 0 atom stereocenters. The number of aromatic nitrogens is 1. The van der Waals surface area contributed by atoms with Crippen molar-refractivity contribution >= 4 is 28.5 Å². The van der Waals surface area contributed by atoms with Crippen LogP contribution in [0.4, 0.5) is 13.2 Å². The number of alkyl halides is 3. The van der Waals surface area contributed by atoms with Crippen molar-refractivity contribution in [3.05, 3.63) is 34.5 Å². The highest BCUT2D eigenvalue weighted by atomic mass is 35.5. The van der Waals surface area contributed by atoms with E-state index in [1.807, 2.05) is 0 Å². The summed E-state index contributed by atoms with van der Waals surface area (Å²) in [5.41, 5.74) is -0.995. The molecule has 1 heterocycles. The Kier molecular flexibility index (Phi) is 3.69. The maximum atomic E-state index is 13.1. The van der Waals surface area contributed by atoms with E-state index in [0.29, 0.717) is 0 Å². The van der Waals surface area contributed by atoms with Gasteiger partial charge in [-0.2, -0.15) is 13.2 Å². The molecule has 0 bridgehead atoms. The Hall–Kier alpha value is -1.69. The molecule has 2 rings (SSSR count). The van der Waals surface area contributed by atoms with Crippen LogP contribution in [0.15, 0.2) is 18.2 Å². The number of fused-ring (bicyclic) bond motifs is 1. The molecule has 108 valence electrons. The zero-order valence-electron chi connectivity index (χ0n) is 10.7. The number of hydrogen-bond acceptors (Lipinski definition) is 2. The van der Waals surface area contributed by atoms with Crippen LogP contribution in [0, 0.1) is 0 Å². The lowest BCUT2D eigenvalue weighted by atomic mass is 10.1. The topological polar surface area (TPSA) is 31.2 Å². The number of ether oxygens (including phenoxy) is 1. The summed E-state index contributed by atoms with van der Waals surface area (Å²) < 4.78 is 45.1. The van der Waals surface area contributed by atoms with E-state index in [9.17, 15) is 18.0 Å². The quantitative estimate of drug-likeness (QED) is 0.782. The summed E-state index contributed by atoms with van der Waals surface area (Å²) in [5, 5.41) is 0.156. The van der Waals surface area contributed by atoms with Crippen LogP contribution in [-0.4, -0.2) is 17.6 Å². The monoisotopic (exact) mass is 305 g/mol. The second-order valence-electron chi connectivity index (χ2n) is 4.10. The van der Waals surface area contributed by atoms with E-state index in [0.717, 1.165) is 13.2 Å². The first-order valence-electron chi connectivity index (χ1n) is 5.79. The molecule has 0 unspecified atom stereocenters. The van der Waals surface area contributed by atoms with Crippen LogP contribution < -0.4 is 0 Å². The van der Waals surface area contributed by atoms with Gasteiger partial charge in [0.1, 0.15) is 5.69 Å². The van der Waals surface area contributed by atoms with Crippen molar-refractivity contribution in [1.82, 2.24) is 4.57 Å². The number of halogens is 4. The van der Waals surface area contributed by atoms with Crippen LogP contribution in [0.2, 0.25) is 5.02 Å². The Morgan fingerprint density at radius 1 is 1.40 bits per heavy atom. The van der Waals surface area contributed by atoms with E-state index >= 15 is 0 Å². The number of hydrogen-bond donors (Lipinski definition) is 0. The van der Waals surface area contributed by atoms with Crippen LogP contribution in [-0.2, 0) is 17.5 Å². The predicted molar refractivity (Wildman–Crippen MR) is 69.0 cm³/mol. The third-order valence-electron chi connectivity index (χ3n) is 3.02. The van der Waals surface area contributed by atoms with Crippen LogP contribution in [0.1, 0.15) is 23.0 Å². The molecule has 2 aromatic rings. The fraction of sp³-hybridized carbons (Fsp3) is 0.308. The lowest BCUT2D eigenvalue weighted by Crippen LogP contribution is -2.13. The summed E-state index contributed by atoms with van der Waals surface area (Å²) in [7, 11) is 1.15. The first-order chi connectivity index (χ1) is 9.32. The third-order valence-corrected chi connectivity index (χ3v) is 3.40. The van der Waals surface area contributed by atoms with Crippen LogP contribution in [0.25, 0.3) is 10.9 Å². The average molecular weight is 306 g/mol. The third kappa shape index (κ3) is 2.14. The molecule has 0 saturated carbocycles. The lowest BCUT2D eigenvalue weighted by molar-refractivity contribution is -0.136. The standard InChI is InChI=1S/C13H11ClF3NO2/c1-3-18-10-7(9(14)11(18)12(19)20-2)5-4-6-8(10)13(15,16)17/h4-6H,3H2,1-2H3. The number of carbonyl (C=O) groups excluding carboxylic acids is 1. The van der Waals surface area contributed by atoms with Crippen molar-refractivity contribution in [3.8, 4) is 0 Å². The normalized spacial score (nSPS) is 11.9. The zero-order chi connectivity index (χ0) is 15.1. The molecule has 0 spiro atoms. The Morgan fingerprint density at radius 3 is 2.55 bits per heavy atom. The highest BCUT2D eigenvalue weighted by Crippen LogP contribution is 2.39. The number of rotatable bonds is 2. The predicted octanol–water partition coefficient (Wildman–Crippen LogP) is 4.12. The first kappa shape index (κ1) is 14.7. The second-order valence-corrected chi connectivity index (χ2v) is 4.48. The highest BCUT2D eigenvalue weighted by Gasteiger charge is 2.35. The molecule has 0 aliphatic carbocycles. The molecule has 0 aliphatic heterocycles. The SMILES string of the molecule is CCn1c(C(=O)OC)c(Cl)c2cccc(C(F)(F)F)c21. The van der Waals surface area contributed by atoms with Gasteiger partial charge in [-0.25, -0.2) is 4.79 Å². The number of para-hydroxylation sites is 1. The van der Waals surface area contributed by atoms with Crippen molar-refractivity contribution in [3.63, 3.8) is 0 Å². The zero-order valence-corrected chi connectivity index (χ0v) is 11.5. The summed E-state index contributed by atoms with van der Waals surface area (Å²) in [6.45, 7) is 1.80. The minimum Gasteiger partial charge on any atom is -0.464 e. The molecule has 0 fully saturated rings. The molecule has 0 amide bonds. The van der Waals surface area contributed by atoms with Gasteiger partial charge < -0.3 is 9.30 Å². The highest BCUT2D eigenvalue weighted by molar-refractivity contribution is 6.38. The molecule has 0 saturated heterocycles. The maximum absolute atomic E-state index is 13.1. The Labute approximate surface area is 117 Å². The fourth-order valence-electron chi connectivity index (χ4n) is 2.21. The Balaban J connectivity index is 2.93. The second kappa shape index (κ2) is 5.01. The summed E-state index contributed by atoms with van der Waals surface area (Å²) in [4.78, 5) is 11.7. The van der Waals surface area contributed by atoms with Crippen molar-refractivity contribution in [2.24, 2.45) is 0 Å². The molecular formula is C13H11ClF3NO2. The van der Waals surface area contributed by atoms with Gasteiger partial charge in [0.15, 0.2) is 0 Å². The molecule has 1 aromatic carbocycles. The van der Waals surface area contributed by atoms with E-state index in [1.54, 1.807) is 6.92 Å². The van der Waals surface area contributed by atoms with Crippen molar-refractivity contribution < 1.29 is 22.7 Å². The summed E-state index contributed by atoms with van der Waals surface area (Å²) in [6, 6.07) is 3.68. The Bertz CT molecular complexity index is 676. The number of methoxy groups -OCH3 is 1. The minimum absolute atomic E-state index is 0.0280. The van der Waals surface area contributed by atoms with Crippen molar-refractivity contribution in [2.45, 2.75) is 19.6 Å². The van der Waals surface area contributed by atoms with E-state index in [4.69, 9.17) is 11.6 Å². The Morgan fingerprint density at radius 2 is 2.05 bits per heavy atom. The van der Waals surface area contributed by atoms with Gasteiger partial charge in [-0.05, 0) is 13.0 Å². The van der Waals surface area contributed by atoms with Crippen molar-refractivity contribution in [2.75, 3.05) is 7.11 Å².